The van der Waals surface area contributed by atoms with Gasteiger partial charge in [0.2, 0.25) is 0 Å². The average Bonchev–Trinajstić information content (AvgIpc) is 3.06. The Bertz CT molecular complexity index is 650. The molecule has 1 aliphatic heterocycles. The van der Waals surface area contributed by atoms with Gasteiger partial charge in [-0.25, -0.2) is 10.2 Å². The van der Waals surface area contributed by atoms with Gasteiger partial charge in [0.25, 0.3) is 0 Å². The standard InChI is InChI=1S/C12H13ClN6S/c1-2-18-11(15-16-17-18)10-7-14-19(12(10)20)9-5-3-8(13)4-6-9/h3-7,16-17,20H,2H2,1H3. The third kappa shape index (κ3) is 2.24. The Morgan fingerprint density at radius 3 is 2.75 bits per heavy atom. The molecule has 2 heterocycles. The fourth-order valence-corrected chi connectivity index (χ4v) is 2.41. The molecule has 2 N–H and O–H groups in total. The smallest absolute Gasteiger partial charge is 0.177 e. The van der Waals surface area contributed by atoms with Crippen molar-refractivity contribution in [3.05, 3.63) is 41.0 Å². The van der Waals surface area contributed by atoms with E-state index in [9.17, 15) is 0 Å². The van der Waals surface area contributed by atoms with Crippen LogP contribution in [-0.2, 0) is 0 Å². The average molecular weight is 309 g/mol. The van der Waals surface area contributed by atoms with E-state index in [0.717, 1.165) is 28.7 Å². The number of hydrazone groups is 1. The minimum absolute atomic E-state index is 0.688. The van der Waals surface area contributed by atoms with Crippen LogP contribution in [0.3, 0.4) is 0 Å². The largest absolute Gasteiger partial charge is 0.271 e. The van der Waals surface area contributed by atoms with E-state index in [1.54, 1.807) is 10.9 Å². The highest BCUT2D eigenvalue weighted by molar-refractivity contribution is 7.80. The van der Waals surface area contributed by atoms with Crippen LogP contribution in [0.4, 0.5) is 0 Å². The molecule has 104 valence electrons. The van der Waals surface area contributed by atoms with Crippen LogP contribution in [0.2, 0.25) is 5.02 Å². The van der Waals surface area contributed by atoms with Gasteiger partial charge in [-0.15, -0.1) is 23.3 Å². The minimum Gasteiger partial charge on any atom is -0.271 e. The predicted octanol–water partition coefficient (Wildman–Crippen LogP) is 1.82. The monoisotopic (exact) mass is 308 g/mol. The molecule has 3 rings (SSSR count). The SMILES string of the molecule is CCN1NNN=C1c1cnn(-c2ccc(Cl)cc2)c1S. The maximum atomic E-state index is 5.89. The number of amidine groups is 1. The zero-order valence-electron chi connectivity index (χ0n) is 10.7. The molecule has 1 aromatic carbocycles. The van der Waals surface area contributed by atoms with Crippen molar-refractivity contribution in [3.8, 4) is 5.69 Å². The molecule has 1 aliphatic rings. The number of hydrogen-bond acceptors (Lipinski definition) is 6. The van der Waals surface area contributed by atoms with Crippen molar-refractivity contribution in [2.75, 3.05) is 6.54 Å². The van der Waals surface area contributed by atoms with E-state index in [0.29, 0.717) is 5.02 Å². The Kier molecular flexibility index (Phi) is 3.56. The predicted molar refractivity (Wildman–Crippen MR) is 81.0 cm³/mol. The molecule has 0 aliphatic carbocycles. The number of benzene rings is 1. The number of hydrogen-bond donors (Lipinski definition) is 3. The molecule has 0 atom stereocenters. The lowest BCUT2D eigenvalue weighted by Gasteiger charge is -2.15. The summed E-state index contributed by atoms with van der Waals surface area (Å²) >= 11 is 10.5. The molecule has 0 amide bonds. The van der Waals surface area contributed by atoms with Gasteiger partial charge in [-0.1, -0.05) is 11.6 Å². The summed E-state index contributed by atoms with van der Waals surface area (Å²) in [6.45, 7) is 2.79. The fourth-order valence-electron chi connectivity index (χ4n) is 1.96. The number of rotatable bonds is 3. The zero-order chi connectivity index (χ0) is 14.1. The van der Waals surface area contributed by atoms with E-state index in [2.05, 4.69) is 33.9 Å². The first-order chi connectivity index (χ1) is 9.70. The molecular weight excluding hydrogens is 296 g/mol. The van der Waals surface area contributed by atoms with Crippen LogP contribution in [-0.4, -0.2) is 27.2 Å². The lowest BCUT2D eigenvalue weighted by molar-refractivity contribution is 0.308. The van der Waals surface area contributed by atoms with Crippen LogP contribution in [0.1, 0.15) is 12.5 Å². The molecule has 0 bridgehead atoms. The molecule has 6 nitrogen and oxygen atoms in total. The highest BCUT2D eigenvalue weighted by atomic mass is 35.5. The first kappa shape index (κ1) is 13.3. The summed E-state index contributed by atoms with van der Waals surface area (Å²) in [6.07, 6.45) is 1.74. The van der Waals surface area contributed by atoms with Crippen molar-refractivity contribution >= 4 is 30.1 Å². The summed E-state index contributed by atoms with van der Waals surface area (Å²) < 4.78 is 1.74. The molecule has 20 heavy (non-hydrogen) atoms. The van der Waals surface area contributed by atoms with Crippen LogP contribution in [0.5, 0.6) is 0 Å². The molecular formula is C12H13ClN6S. The second kappa shape index (κ2) is 5.35. The van der Waals surface area contributed by atoms with Gasteiger partial charge in [-0.05, 0) is 31.2 Å². The highest BCUT2D eigenvalue weighted by Crippen LogP contribution is 2.21. The normalized spacial score (nSPS) is 14.3. The maximum Gasteiger partial charge on any atom is 0.177 e. The van der Waals surface area contributed by atoms with Crippen molar-refractivity contribution in [2.45, 2.75) is 11.9 Å². The summed E-state index contributed by atoms with van der Waals surface area (Å²) in [5.41, 5.74) is 7.41. The van der Waals surface area contributed by atoms with Gasteiger partial charge in [0.05, 0.1) is 17.4 Å². The fraction of sp³-hybridized carbons (Fsp3) is 0.167. The van der Waals surface area contributed by atoms with Crippen molar-refractivity contribution in [3.63, 3.8) is 0 Å². The van der Waals surface area contributed by atoms with Crippen LogP contribution in [0, 0.1) is 0 Å². The molecule has 0 radical (unpaired) electrons. The van der Waals surface area contributed by atoms with Crippen LogP contribution in [0.15, 0.2) is 40.6 Å². The summed E-state index contributed by atoms with van der Waals surface area (Å²) in [7, 11) is 0. The summed E-state index contributed by atoms with van der Waals surface area (Å²) in [5, 5.41) is 11.8. The summed E-state index contributed by atoms with van der Waals surface area (Å²) in [5.74, 6) is 0.762. The lowest BCUT2D eigenvalue weighted by atomic mass is 10.3. The van der Waals surface area contributed by atoms with Gasteiger partial charge < -0.3 is 0 Å². The molecule has 8 heteroatoms. The van der Waals surface area contributed by atoms with Crippen LogP contribution in [0.25, 0.3) is 5.69 Å². The van der Waals surface area contributed by atoms with Gasteiger partial charge in [-0.2, -0.15) is 5.10 Å². The van der Waals surface area contributed by atoms with Crippen molar-refractivity contribution < 1.29 is 0 Å². The summed E-state index contributed by atoms with van der Waals surface area (Å²) in [4.78, 5) is 0. The van der Waals surface area contributed by atoms with E-state index >= 15 is 0 Å². The Morgan fingerprint density at radius 1 is 1.30 bits per heavy atom. The molecule has 2 aromatic rings. The quantitative estimate of drug-likeness (QED) is 0.757. The minimum atomic E-state index is 0.688. The van der Waals surface area contributed by atoms with Crippen molar-refractivity contribution in [1.29, 1.82) is 0 Å². The number of hydrazine groups is 2. The zero-order valence-corrected chi connectivity index (χ0v) is 12.4. The van der Waals surface area contributed by atoms with Crippen LogP contribution < -0.4 is 11.1 Å². The first-order valence-corrected chi connectivity index (χ1v) is 6.92. The Hall–Kier alpha value is -1.70. The Morgan fingerprint density at radius 2 is 2.05 bits per heavy atom. The van der Waals surface area contributed by atoms with Gasteiger partial charge in [-0.3, -0.25) is 5.01 Å². The Balaban J connectivity index is 1.99. The third-order valence-electron chi connectivity index (χ3n) is 2.97. The second-order valence-corrected chi connectivity index (χ2v) is 5.03. The van der Waals surface area contributed by atoms with E-state index in [-0.39, 0.29) is 0 Å². The highest BCUT2D eigenvalue weighted by Gasteiger charge is 2.22. The third-order valence-corrected chi connectivity index (χ3v) is 3.66. The van der Waals surface area contributed by atoms with Crippen molar-refractivity contribution in [1.82, 2.24) is 25.9 Å². The number of aromatic nitrogens is 2. The summed E-state index contributed by atoms with van der Waals surface area (Å²) in [6, 6.07) is 7.42. The van der Waals surface area contributed by atoms with E-state index in [1.165, 1.54) is 0 Å². The molecule has 0 saturated heterocycles. The second-order valence-electron chi connectivity index (χ2n) is 4.17. The molecule has 1 aromatic heterocycles. The molecule has 0 spiro atoms. The first-order valence-electron chi connectivity index (χ1n) is 6.10. The molecule has 0 unspecified atom stereocenters. The maximum absolute atomic E-state index is 5.89. The van der Waals surface area contributed by atoms with Gasteiger partial charge in [0.15, 0.2) is 5.84 Å². The van der Waals surface area contributed by atoms with E-state index in [1.807, 2.05) is 36.2 Å². The van der Waals surface area contributed by atoms with E-state index in [4.69, 9.17) is 11.6 Å². The number of halogens is 1. The number of nitrogens with one attached hydrogen (secondary N) is 2. The van der Waals surface area contributed by atoms with Gasteiger partial charge >= 0.3 is 0 Å². The number of nitrogens with zero attached hydrogens (tertiary/aromatic N) is 4. The van der Waals surface area contributed by atoms with Gasteiger partial charge in [0.1, 0.15) is 5.03 Å². The van der Waals surface area contributed by atoms with Crippen molar-refractivity contribution in [2.24, 2.45) is 5.10 Å². The number of thiol groups is 1. The molecule has 0 fully saturated rings. The topological polar surface area (TPSA) is 57.5 Å². The molecule has 0 saturated carbocycles. The van der Waals surface area contributed by atoms with Crippen LogP contribution >= 0.6 is 24.2 Å². The Labute approximate surface area is 126 Å². The van der Waals surface area contributed by atoms with Gasteiger partial charge in [0, 0.05) is 11.6 Å². The lowest BCUT2D eigenvalue weighted by Crippen LogP contribution is -2.40. The van der Waals surface area contributed by atoms with E-state index < -0.39 is 0 Å².